The van der Waals surface area contributed by atoms with Crippen molar-refractivity contribution in [1.29, 1.82) is 0 Å². The standard InChI is InChI=1S/C13H19F2NO2/c1-2-7-18-11-5-3-10(4-6-11)12(16)8-17-9-13(14)15/h3-6,12-13H,2,7-9,16H2,1H3. The molecule has 5 heteroatoms. The highest BCUT2D eigenvalue weighted by Crippen LogP contribution is 2.17. The molecule has 102 valence electrons. The molecule has 1 unspecified atom stereocenters. The fourth-order valence-corrected chi connectivity index (χ4v) is 1.41. The van der Waals surface area contributed by atoms with E-state index in [9.17, 15) is 8.78 Å². The van der Waals surface area contributed by atoms with Gasteiger partial charge in [-0.3, -0.25) is 0 Å². The predicted molar refractivity (Wildman–Crippen MR) is 66.0 cm³/mol. The zero-order chi connectivity index (χ0) is 13.4. The Hall–Kier alpha value is -1.20. The lowest BCUT2D eigenvalue weighted by molar-refractivity contribution is 0.0125. The van der Waals surface area contributed by atoms with E-state index < -0.39 is 19.1 Å². The number of ether oxygens (including phenoxy) is 2. The summed E-state index contributed by atoms with van der Waals surface area (Å²) in [4.78, 5) is 0. The van der Waals surface area contributed by atoms with Crippen LogP contribution in [0, 0.1) is 0 Å². The fraction of sp³-hybridized carbons (Fsp3) is 0.538. The van der Waals surface area contributed by atoms with Crippen LogP contribution < -0.4 is 10.5 Å². The van der Waals surface area contributed by atoms with Crippen LogP contribution in [-0.4, -0.2) is 26.2 Å². The molecule has 0 amide bonds. The summed E-state index contributed by atoms with van der Waals surface area (Å²) < 4.78 is 34.0. The molecule has 1 rings (SSSR count). The van der Waals surface area contributed by atoms with Crippen molar-refractivity contribution in [3.63, 3.8) is 0 Å². The molecule has 0 heterocycles. The third-order valence-electron chi connectivity index (χ3n) is 2.32. The second-order valence-corrected chi connectivity index (χ2v) is 3.95. The highest BCUT2D eigenvalue weighted by atomic mass is 19.3. The minimum atomic E-state index is -2.46. The third kappa shape index (κ3) is 5.42. The molecule has 0 aliphatic heterocycles. The number of alkyl halides is 2. The van der Waals surface area contributed by atoms with E-state index in [0.29, 0.717) is 6.61 Å². The Morgan fingerprint density at radius 1 is 1.17 bits per heavy atom. The van der Waals surface area contributed by atoms with Crippen LogP contribution in [-0.2, 0) is 4.74 Å². The van der Waals surface area contributed by atoms with Crippen LogP contribution in [0.3, 0.4) is 0 Å². The molecule has 3 nitrogen and oxygen atoms in total. The van der Waals surface area contributed by atoms with Crippen molar-refractivity contribution in [3.05, 3.63) is 29.8 Å². The molecule has 0 aliphatic carbocycles. The summed E-state index contributed by atoms with van der Waals surface area (Å²) in [5.74, 6) is 0.779. The van der Waals surface area contributed by atoms with E-state index in [0.717, 1.165) is 17.7 Å². The second kappa shape index (κ2) is 8.00. The van der Waals surface area contributed by atoms with Gasteiger partial charge in [-0.1, -0.05) is 19.1 Å². The number of halogens is 2. The largest absolute Gasteiger partial charge is 0.494 e. The van der Waals surface area contributed by atoms with Crippen LogP contribution in [0.4, 0.5) is 8.78 Å². The molecular formula is C13H19F2NO2. The third-order valence-corrected chi connectivity index (χ3v) is 2.32. The van der Waals surface area contributed by atoms with Crippen LogP contribution in [0.25, 0.3) is 0 Å². The summed E-state index contributed by atoms with van der Waals surface area (Å²) in [5, 5.41) is 0. The molecule has 0 aromatic heterocycles. The van der Waals surface area contributed by atoms with Gasteiger partial charge in [0.2, 0.25) is 0 Å². The van der Waals surface area contributed by atoms with Gasteiger partial charge < -0.3 is 15.2 Å². The Labute approximate surface area is 106 Å². The summed E-state index contributed by atoms with van der Waals surface area (Å²) in [6.45, 7) is 2.21. The van der Waals surface area contributed by atoms with Crippen LogP contribution in [0.5, 0.6) is 5.75 Å². The fourth-order valence-electron chi connectivity index (χ4n) is 1.41. The maximum atomic E-state index is 11.9. The van der Waals surface area contributed by atoms with Gasteiger partial charge in [0.1, 0.15) is 12.4 Å². The lowest BCUT2D eigenvalue weighted by Crippen LogP contribution is -2.19. The summed E-state index contributed by atoms with van der Waals surface area (Å²) in [5.41, 5.74) is 6.66. The summed E-state index contributed by atoms with van der Waals surface area (Å²) >= 11 is 0. The number of nitrogens with two attached hydrogens (primary N) is 1. The van der Waals surface area contributed by atoms with E-state index in [2.05, 4.69) is 0 Å². The van der Waals surface area contributed by atoms with Crippen molar-refractivity contribution in [2.24, 2.45) is 5.73 Å². The topological polar surface area (TPSA) is 44.5 Å². The van der Waals surface area contributed by atoms with E-state index in [4.69, 9.17) is 15.2 Å². The van der Waals surface area contributed by atoms with Gasteiger partial charge in [-0.15, -0.1) is 0 Å². The van der Waals surface area contributed by atoms with Gasteiger partial charge >= 0.3 is 0 Å². The smallest absolute Gasteiger partial charge is 0.261 e. The Bertz CT molecular complexity index is 330. The minimum Gasteiger partial charge on any atom is -0.494 e. The molecule has 1 atom stereocenters. The first-order valence-electron chi connectivity index (χ1n) is 5.97. The summed E-state index contributed by atoms with van der Waals surface area (Å²) in [6, 6.07) is 6.88. The number of hydrogen-bond acceptors (Lipinski definition) is 3. The molecule has 1 aromatic carbocycles. The normalized spacial score (nSPS) is 12.7. The Morgan fingerprint density at radius 3 is 2.39 bits per heavy atom. The Morgan fingerprint density at radius 2 is 1.83 bits per heavy atom. The molecule has 0 saturated carbocycles. The Kier molecular flexibility index (Phi) is 6.60. The van der Waals surface area contributed by atoms with E-state index in [1.807, 2.05) is 31.2 Å². The van der Waals surface area contributed by atoms with Gasteiger partial charge in [-0.05, 0) is 24.1 Å². The van der Waals surface area contributed by atoms with E-state index in [-0.39, 0.29) is 6.61 Å². The minimum absolute atomic E-state index is 0.0828. The van der Waals surface area contributed by atoms with Gasteiger partial charge in [-0.25, -0.2) is 8.78 Å². The second-order valence-electron chi connectivity index (χ2n) is 3.95. The van der Waals surface area contributed by atoms with Crippen molar-refractivity contribution >= 4 is 0 Å². The SMILES string of the molecule is CCCOc1ccc(C(N)COCC(F)F)cc1. The van der Waals surface area contributed by atoms with E-state index in [1.165, 1.54) is 0 Å². The first kappa shape index (κ1) is 14.9. The Balaban J connectivity index is 2.40. The molecule has 18 heavy (non-hydrogen) atoms. The highest BCUT2D eigenvalue weighted by molar-refractivity contribution is 5.29. The van der Waals surface area contributed by atoms with Crippen LogP contribution >= 0.6 is 0 Å². The van der Waals surface area contributed by atoms with Crippen LogP contribution in [0.1, 0.15) is 24.9 Å². The molecule has 0 bridgehead atoms. The maximum absolute atomic E-state index is 11.9. The lowest BCUT2D eigenvalue weighted by atomic mass is 10.1. The van der Waals surface area contributed by atoms with Gasteiger partial charge in [0.25, 0.3) is 6.43 Å². The zero-order valence-electron chi connectivity index (χ0n) is 10.4. The van der Waals surface area contributed by atoms with Gasteiger partial charge in [0.05, 0.1) is 19.3 Å². The first-order valence-corrected chi connectivity index (χ1v) is 5.97. The van der Waals surface area contributed by atoms with E-state index >= 15 is 0 Å². The lowest BCUT2D eigenvalue weighted by Gasteiger charge is -2.13. The molecule has 1 aromatic rings. The monoisotopic (exact) mass is 259 g/mol. The average molecular weight is 259 g/mol. The van der Waals surface area contributed by atoms with Crippen molar-refractivity contribution < 1.29 is 18.3 Å². The number of hydrogen-bond donors (Lipinski definition) is 1. The zero-order valence-corrected chi connectivity index (χ0v) is 10.4. The quantitative estimate of drug-likeness (QED) is 0.780. The molecule has 0 spiro atoms. The van der Waals surface area contributed by atoms with Crippen molar-refractivity contribution in [2.45, 2.75) is 25.8 Å². The van der Waals surface area contributed by atoms with Gasteiger partial charge in [0, 0.05) is 0 Å². The van der Waals surface area contributed by atoms with Gasteiger partial charge in [-0.2, -0.15) is 0 Å². The molecule has 0 saturated heterocycles. The molecule has 2 N–H and O–H groups in total. The molecular weight excluding hydrogens is 240 g/mol. The predicted octanol–water partition coefficient (Wildman–Crippen LogP) is 2.76. The van der Waals surface area contributed by atoms with Crippen molar-refractivity contribution in [3.8, 4) is 5.75 Å². The first-order chi connectivity index (χ1) is 8.63. The summed E-state index contributed by atoms with van der Waals surface area (Å²) in [6.07, 6.45) is -1.51. The van der Waals surface area contributed by atoms with Crippen LogP contribution in [0.2, 0.25) is 0 Å². The van der Waals surface area contributed by atoms with Gasteiger partial charge in [0.15, 0.2) is 0 Å². The molecule has 0 radical (unpaired) electrons. The molecule has 0 fully saturated rings. The van der Waals surface area contributed by atoms with Crippen molar-refractivity contribution in [2.75, 3.05) is 19.8 Å². The van der Waals surface area contributed by atoms with Crippen LogP contribution in [0.15, 0.2) is 24.3 Å². The van der Waals surface area contributed by atoms with Crippen molar-refractivity contribution in [1.82, 2.24) is 0 Å². The number of rotatable bonds is 8. The number of benzene rings is 1. The molecule has 0 aliphatic rings. The maximum Gasteiger partial charge on any atom is 0.261 e. The van der Waals surface area contributed by atoms with E-state index in [1.54, 1.807) is 0 Å². The average Bonchev–Trinajstić information content (AvgIpc) is 2.36. The highest BCUT2D eigenvalue weighted by Gasteiger charge is 2.08. The summed E-state index contributed by atoms with van der Waals surface area (Å²) in [7, 11) is 0.